The number of thiazole rings is 1. The lowest BCUT2D eigenvalue weighted by Crippen LogP contribution is -2.22. The zero-order chi connectivity index (χ0) is 18.9. The van der Waals surface area contributed by atoms with E-state index in [-0.39, 0.29) is 11.3 Å². The fourth-order valence-electron chi connectivity index (χ4n) is 2.28. The van der Waals surface area contributed by atoms with Crippen LogP contribution in [0.2, 0.25) is 5.02 Å². The first-order valence-electron chi connectivity index (χ1n) is 8.00. The van der Waals surface area contributed by atoms with Gasteiger partial charge in [-0.05, 0) is 18.2 Å². The van der Waals surface area contributed by atoms with Crippen molar-refractivity contribution in [3.05, 3.63) is 60.6 Å². The molecule has 134 valence electrons. The second-order valence-electron chi connectivity index (χ2n) is 6.90. The summed E-state index contributed by atoms with van der Waals surface area (Å²) in [7, 11) is 0. The fourth-order valence-corrected chi connectivity index (χ4v) is 3.35. The molecule has 1 aromatic carbocycles. The van der Waals surface area contributed by atoms with E-state index in [1.54, 1.807) is 18.3 Å². The molecule has 3 aromatic rings. The largest absolute Gasteiger partial charge is 0.313 e. The molecule has 2 N–H and O–H groups in total. The smallest absolute Gasteiger partial charge is 0.266 e. The van der Waals surface area contributed by atoms with Crippen molar-refractivity contribution in [2.45, 2.75) is 20.8 Å². The number of aromatic nitrogens is 3. The zero-order valence-electron chi connectivity index (χ0n) is 14.6. The molecule has 0 atom stereocenters. The Hall–Kier alpha value is -2.44. The first-order valence-corrected chi connectivity index (χ1v) is 9.20. The number of Topliss-reactive ketones (excluding diaryl/α,β-unsaturated/α-hetero) is 1. The number of rotatable bonds is 3. The van der Waals surface area contributed by atoms with Gasteiger partial charge in [-0.25, -0.2) is 0 Å². The van der Waals surface area contributed by atoms with Gasteiger partial charge in [0.15, 0.2) is 5.78 Å². The molecule has 5 nitrogen and oxygen atoms in total. The van der Waals surface area contributed by atoms with Crippen molar-refractivity contribution in [2.75, 3.05) is 0 Å². The standard InChI is InChI=1S/C19H18ClN3O2S/c1-19(2,3)15(24)9-16-22-18(25)14(26-16)8-12-10-21-23-17(12)11-5-4-6-13(20)7-11/h4-10H,1-3H3,(H,21,23)(H,22,25). The van der Waals surface area contributed by atoms with Crippen molar-refractivity contribution in [1.29, 1.82) is 0 Å². The van der Waals surface area contributed by atoms with E-state index in [1.807, 2.05) is 39.0 Å². The van der Waals surface area contributed by atoms with Crippen LogP contribution in [0.5, 0.6) is 0 Å². The average molecular weight is 388 g/mol. The highest BCUT2D eigenvalue weighted by Gasteiger charge is 2.18. The molecule has 26 heavy (non-hydrogen) atoms. The summed E-state index contributed by atoms with van der Waals surface area (Å²) >= 11 is 7.30. The van der Waals surface area contributed by atoms with E-state index >= 15 is 0 Å². The molecule has 0 unspecified atom stereocenters. The van der Waals surface area contributed by atoms with Crippen LogP contribution in [0.15, 0.2) is 35.3 Å². The third-order valence-electron chi connectivity index (χ3n) is 3.75. The molecule has 0 bridgehead atoms. The Balaban J connectivity index is 2.06. The summed E-state index contributed by atoms with van der Waals surface area (Å²) in [6, 6.07) is 7.39. The minimum Gasteiger partial charge on any atom is -0.313 e. The van der Waals surface area contributed by atoms with Gasteiger partial charge in [-0.3, -0.25) is 14.7 Å². The van der Waals surface area contributed by atoms with E-state index in [1.165, 1.54) is 17.4 Å². The monoisotopic (exact) mass is 387 g/mol. The maximum atomic E-state index is 12.2. The minimum atomic E-state index is -0.491. The lowest BCUT2D eigenvalue weighted by molar-refractivity contribution is -0.119. The molecule has 2 heterocycles. The third kappa shape index (κ3) is 4.03. The number of halogens is 1. The summed E-state index contributed by atoms with van der Waals surface area (Å²) in [5.74, 6) is -0.0375. The molecule has 7 heteroatoms. The number of benzene rings is 1. The first-order chi connectivity index (χ1) is 12.2. The van der Waals surface area contributed by atoms with E-state index in [2.05, 4.69) is 15.2 Å². The topological polar surface area (TPSA) is 78.6 Å². The quantitative estimate of drug-likeness (QED) is 0.725. The summed E-state index contributed by atoms with van der Waals surface area (Å²) in [6.07, 6.45) is 4.89. The molecule has 3 rings (SSSR count). The van der Waals surface area contributed by atoms with Crippen molar-refractivity contribution in [1.82, 2.24) is 15.2 Å². The molecule has 0 aliphatic rings. The van der Waals surface area contributed by atoms with Crippen LogP contribution >= 0.6 is 22.9 Å². The highest BCUT2D eigenvalue weighted by Crippen LogP contribution is 2.24. The number of nitrogens with one attached hydrogen (secondary N) is 2. The average Bonchev–Trinajstić information content (AvgIpc) is 3.14. The SMILES string of the molecule is CC(C)(C)C(=O)C=c1[nH]c(=O)c(=Cc2cn[nH]c2-c2cccc(Cl)c2)s1. The van der Waals surface area contributed by atoms with Gasteiger partial charge in [0.25, 0.3) is 5.56 Å². The van der Waals surface area contributed by atoms with E-state index in [0.717, 1.165) is 16.8 Å². The molecule has 0 amide bonds. The summed E-state index contributed by atoms with van der Waals surface area (Å²) in [5, 5.41) is 7.63. The molecule has 0 fully saturated rings. The van der Waals surface area contributed by atoms with Gasteiger partial charge in [0, 0.05) is 27.6 Å². The first kappa shape index (κ1) is 18.4. The van der Waals surface area contributed by atoms with Gasteiger partial charge in [-0.2, -0.15) is 5.10 Å². The van der Waals surface area contributed by atoms with Crippen LogP contribution in [0.1, 0.15) is 26.3 Å². The van der Waals surface area contributed by atoms with Crippen LogP contribution in [-0.2, 0) is 4.79 Å². The molecule has 0 aliphatic carbocycles. The minimum absolute atomic E-state index is 0.0375. The van der Waals surface area contributed by atoms with Crippen LogP contribution in [0, 0.1) is 5.41 Å². The van der Waals surface area contributed by atoms with Crippen molar-refractivity contribution >= 4 is 40.9 Å². The number of hydrogen-bond acceptors (Lipinski definition) is 4. The molecule has 0 saturated carbocycles. The van der Waals surface area contributed by atoms with Gasteiger partial charge < -0.3 is 4.98 Å². The van der Waals surface area contributed by atoms with Crippen molar-refractivity contribution < 1.29 is 4.79 Å². The number of aromatic amines is 2. The van der Waals surface area contributed by atoms with E-state index in [4.69, 9.17) is 11.6 Å². The van der Waals surface area contributed by atoms with Gasteiger partial charge in [0.05, 0.1) is 21.1 Å². The number of carbonyl (C=O) groups excluding carboxylic acids is 1. The van der Waals surface area contributed by atoms with Gasteiger partial charge in [-0.15, -0.1) is 11.3 Å². The van der Waals surface area contributed by atoms with E-state index < -0.39 is 5.41 Å². The summed E-state index contributed by atoms with van der Waals surface area (Å²) < 4.78 is 1.04. The molecule has 2 aromatic heterocycles. The molecule has 0 saturated heterocycles. The Morgan fingerprint density at radius 3 is 2.77 bits per heavy atom. The van der Waals surface area contributed by atoms with Crippen LogP contribution in [0.25, 0.3) is 23.4 Å². The molecular weight excluding hydrogens is 370 g/mol. The molecule has 0 aliphatic heterocycles. The van der Waals surface area contributed by atoms with Gasteiger partial charge in [0.1, 0.15) is 0 Å². The number of ketones is 1. The highest BCUT2D eigenvalue weighted by molar-refractivity contribution is 7.07. The summed E-state index contributed by atoms with van der Waals surface area (Å²) in [6.45, 7) is 5.52. The second-order valence-corrected chi connectivity index (χ2v) is 8.42. The van der Waals surface area contributed by atoms with Crippen LogP contribution in [-0.4, -0.2) is 21.0 Å². The van der Waals surface area contributed by atoms with Crippen molar-refractivity contribution in [2.24, 2.45) is 5.41 Å². The highest BCUT2D eigenvalue weighted by atomic mass is 35.5. The number of H-pyrrole nitrogens is 2. The fraction of sp³-hybridized carbons (Fsp3) is 0.211. The van der Waals surface area contributed by atoms with Crippen LogP contribution in [0.3, 0.4) is 0 Å². The van der Waals surface area contributed by atoms with Crippen molar-refractivity contribution in [3.63, 3.8) is 0 Å². The number of nitrogens with zero attached hydrogens (tertiary/aromatic N) is 1. The summed E-state index contributed by atoms with van der Waals surface area (Å²) in [4.78, 5) is 27.1. The van der Waals surface area contributed by atoms with Crippen LogP contribution in [0.4, 0.5) is 0 Å². The Morgan fingerprint density at radius 1 is 1.31 bits per heavy atom. The lowest BCUT2D eigenvalue weighted by Gasteiger charge is -2.12. The number of carbonyl (C=O) groups is 1. The maximum absolute atomic E-state index is 12.2. The van der Waals surface area contributed by atoms with Gasteiger partial charge in [0.2, 0.25) is 0 Å². The van der Waals surface area contributed by atoms with E-state index in [9.17, 15) is 9.59 Å². The second kappa shape index (κ2) is 7.05. The predicted octanol–water partition coefficient (Wildman–Crippen LogP) is 2.70. The zero-order valence-corrected chi connectivity index (χ0v) is 16.2. The Labute approximate surface area is 159 Å². The molecule has 0 radical (unpaired) electrons. The molecular formula is C19H18ClN3O2S. The Kier molecular flexibility index (Phi) is 4.98. The summed E-state index contributed by atoms with van der Waals surface area (Å²) in [5.41, 5.74) is 1.70. The van der Waals surface area contributed by atoms with Gasteiger partial charge in [-0.1, -0.05) is 44.5 Å². The van der Waals surface area contributed by atoms with Crippen molar-refractivity contribution in [3.8, 4) is 11.3 Å². The Morgan fingerprint density at radius 2 is 2.08 bits per heavy atom. The normalized spacial score (nSPS) is 13.4. The predicted molar refractivity (Wildman–Crippen MR) is 106 cm³/mol. The third-order valence-corrected chi connectivity index (χ3v) is 4.95. The van der Waals surface area contributed by atoms with E-state index in [0.29, 0.717) is 14.2 Å². The number of hydrogen-bond donors (Lipinski definition) is 2. The molecule has 0 spiro atoms. The van der Waals surface area contributed by atoms with Gasteiger partial charge >= 0.3 is 0 Å². The van der Waals surface area contributed by atoms with Crippen LogP contribution < -0.4 is 14.8 Å². The Bertz CT molecular complexity index is 1130. The lowest BCUT2D eigenvalue weighted by atomic mass is 9.91. The maximum Gasteiger partial charge on any atom is 0.266 e.